The highest BCUT2D eigenvalue weighted by atomic mass is 16.5. The molecule has 0 N–H and O–H groups in total. The number of fused-ring (bicyclic) bond motifs is 6. The molecule has 3 aromatic carbocycles. The van der Waals surface area contributed by atoms with Gasteiger partial charge in [0.15, 0.2) is 0 Å². The molecule has 0 bridgehead atoms. The minimum Gasteiger partial charge on any atom is -0.497 e. The van der Waals surface area contributed by atoms with Crippen molar-refractivity contribution in [3.05, 3.63) is 97.2 Å². The second kappa shape index (κ2) is 6.96. The van der Waals surface area contributed by atoms with E-state index in [0.29, 0.717) is 0 Å². The van der Waals surface area contributed by atoms with Crippen molar-refractivity contribution in [2.24, 2.45) is 0 Å². The summed E-state index contributed by atoms with van der Waals surface area (Å²) < 4.78 is 7.73. The van der Waals surface area contributed by atoms with Gasteiger partial charge in [0.2, 0.25) is 0 Å². The molecule has 0 spiro atoms. The summed E-state index contributed by atoms with van der Waals surface area (Å²) in [7, 11) is 1.69. The van der Waals surface area contributed by atoms with E-state index in [2.05, 4.69) is 59.0 Å². The normalized spacial score (nSPS) is 11.4. The maximum Gasteiger partial charge on any atom is 0.147 e. The molecule has 4 heteroatoms. The Labute approximate surface area is 179 Å². The molecule has 0 aliphatic carbocycles. The van der Waals surface area contributed by atoms with Gasteiger partial charge in [-0.3, -0.25) is 4.40 Å². The fourth-order valence-corrected chi connectivity index (χ4v) is 4.32. The van der Waals surface area contributed by atoms with Crippen LogP contribution >= 0.6 is 0 Å². The lowest BCUT2D eigenvalue weighted by molar-refractivity contribution is 0.415. The second-order valence-electron chi connectivity index (χ2n) is 7.49. The van der Waals surface area contributed by atoms with Crippen molar-refractivity contribution in [2.75, 3.05) is 7.11 Å². The summed E-state index contributed by atoms with van der Waals surface area (Å²) in [6.45, 7) is 0. The maximum atomic E-state index is 5.54. The van der Waals surface area contributed by atoms with Crippen LogP contribution in [0.5, 0.6) is 5.75 Å². The van der Waals surface area contributed by atoms with Crippen LogP contribution in [0.15, 0.2) is 97.2 Å². The lowest BCUT2D eigenvalue weighted by Crippen LogP contribution is -1.96. The first-order chi connectivity index (χ1) is 15.3. The van der Waals surface area contributed by atoms with E-state index in [-0.39, 0.29) is 0 Å². The fourth-order valence-electron chi connectivity index (χ4n) is 4.32. The van der Waals surface area contributed by atoms with Gasteiger partial charge in [-0.05, 0) is 35.7 Å². The smallest absolute Gasteiger partial charge is 0.147 e. The molecule has 4 nitrogen and oxygen atoms in total. The van der Waals surface area contributed by atoms with Gasteiger partial charge < -0.3 is 4.74 Å². The third-order valence-corrected chi connectivity index (χ3v) is 5.73. The molecule has 0 saturated heterocycles. The number of methoxy groups -OCH3 is 1. The highest BCUT2D eigenvalue weighted by Gasteiger charge is 2.21. The van der Waals surface area contributed by atoms with Gasteiger partial charge in [0.05, 0.1) is 18.5 Å². The Morgan fingerprint density at radius 3 is 2.16 bits per heavy atom. The van der Waals surface area contributed by atoms with Gasteiger partial charge in [-0.15, -0.1) is 0 Å². The van der Waals surface area contributed by atoms with Crippen LogP contribution in [0.4, 0.5) is 0 Å². The molecule has 0 aliphatic heterocycles. The number of rotatable bonds is 3. The summed E-state index contributed by atoms with van der Waals surface area (Å²) >= 11 is 0. The zero-order valence-corrected chi connectivity index (χ0v) is 17.0. The van der Waals surface area contributed by atoms with Crippen LogP contribution in [-0.2, 0) is 0 Å². The molecule has 0 aliphatic rings. The van der Waals surface area contributed by atoms with E-state index in [4.69, 9.17) is 14.7 Å². The zero-order valence-electron chi connectivity index (χ0n) is 17.0. The van der Waals surface area contributed by atoms with Crippen LogP contribution in [0.3, 0.4) is 0 Å². The Morgan fingerprint density at radius 2 is 1.42 bits per heavy atom. The maximum absolute atomic E-state index is 5.54. The summed E-state index contributed by atoms with van der Waals surface area (Å²) in [4.78, 5) is 9.97. The van der Waals surface area contributed by atoms with Crippen molar-refractivity contribution in [2.45, 2.75) is 0 Å². The van der Waals surface area contributed by atoms with Crippen molar-refractivity contribution in [1.82, 2.24) is 14.4 Å². The van der Waals surface area contributed by atoms with Gasteiger partial charge in [0, 0.05) is 28.1 Å². The topological polar surface area (TPSA) is 39.4 Å². The highest BCUT2D eigenvalue weighted by molar-refractivity contribution is 6.12. The molecular formula is C27H19N3O. The molecule has 6 rings (SSSR count). The molecule has 0 unspecified atom stereocenters. The quantitative estimate of drug-likeness (QED) is 0.323. The van der Waals surface area contributed by atoms with Gasteiger partial charge in [0.1, 0.15) is 17.0 Å². The Kier molecular flexibility index (Phi) is 3.96. The van der Waals surface area contributed by atoms with E-state index < -0.39 is 0 Å². The van der Waals surface area contributed by atoms with Crippen LogP contribution in [0, 0.1) is 0 Å². The third-order valence-electron chi connectivity index (χ3n) is 5.73. The van der Waals surface area contributed by atoms with Crippen molar-refractivity contribution in [1.29, 1.82) is 0 Å². The van der Waals surface area contributed by atoms with E-state index in [1.165, 1.54) is 0 Å². The first kappa shape index (κ1) is 17.7. The Morgan fingerprint density at radius 1 is 0.677 bits per heavy atom. The number of hydrogen-bond donors (Lipinski definition) is 0. The van der Waals surface area contributed by atoms with E-state index in [1.54, 1.807) is 7.11 Å². The highest BCUT2D eigenvalue weighted by Crippen LogP contribution is 2.39. The van der Waals surface area contributed by atoms with Crippen molar-refractivity contribution in [3.63, 3.8) is 0 Å². The predicted molar refractivity (Wildman–Crippen MR) is 125 cm³/mol. The van der Waals surface area contributed by atoms with Gasteiger partial charge in [0.25, 0.3) is 0 Å². The molecule has 148 valence electrons. The number of hydrogen-bond acceptors (Lipinski definition) is 3. The van der Waals surface area contributed by atoms with Gasteiger partial charge >= 0.3 is 0 Å². The van der Waals surface area contributed by atoms with Gasteiger partial charge in [-0.2, -0.15) is 0 Å². The van der Waals surface area contributed by atoms with E-state index in [9.17, 15) is 0 Å². The molecule has 0 atom stereocenters. The molecular weight excluding hydrogens is 382 g/mol. The van der Waals surface area contributed by atoms with E-state index >= 15 is 0 Å². The monoisotopic (exact) mass is 401 g/mol. The SMILES string of the molecule is COc1ccc2c3cccnc3n3c(-c4ccccc4)c(-c4ccccc4)nc3c2c1. The van der Waals surface area contributed by atoms with Crippen molar-refractivity contribution in [3.8, 4) is 28.3 Å². The number of ether oxygens (including phenoxy) is 1. The van der Waals surface area contributed by atoms with Crippen LogP contribution in [0.1, 0.15) is 0 Å². The largest absolute Gasteiger partial charge is 0.497 e. The van der Waals surface area contributed by atoms with Gasteiger partial charge in [-0.1, -0.05) is 60.7 Å². The lowest BCUT2D eigenvalue weighted by atomic mass is 10.0. The number of benzene rings is 3. The first-order valence-corrected chi connectivity index (χ1v) is 10.2. The molecule has 0 radical (unpaired) electrons. The number of imidazole rings is 1. The molecule has 3 aromatic heterocycles. The number of nitrogens with zero attached hydrogens (tertiary/aromatic N) is 3. The van der Waals surface area contributed by atoms with Gasteiger partial charge in [-0.25, -0.2) is 9.97 Å². The second-order valence-corrected chi connectivity index (χ2v) is 7.49. The first-order valence-electron chi connectivity index (χ1n) is 10.2. The van der Waals surface area contributed by atoms with Crippen LogP contribution in [0.2, 0.25) is 0 Å². The van der Waals surface area contributed by atoms with E-state index in [0.717, 1.165) is 55.7 Å². The van der Waals surface area contributed by atoms with Crippen LogP contribution < -0.4 is 4.74 Å². The predicted octanol–water partition coefficient (Wildman–Crippen LogP) is 6.38. The van der Waals surface area contributed by atoms with Crippen LogP contribution in [-0.4, -0.2) is 21.5 Å². The number of pyridine rings is 2. The molecule has 3 heterocycles. The van der Waals surface area contributed by atoms with Crippen molar-refractivity contribution < 1.29 is 4.74 Å². The standard InChI is InChI=1S/C27H19N3O/c1-31-20-14-15-21-22-13-8-16-28-26(22)30-25(19-11-6-3-7-12-19)24(18-9-4-2-5-10-18)29-27(30)23(21)17-20/h2-17H,1H3. The molecule has 0 fully saturated rings. The third kappa shape index (κ3) is 2.69. The average molecular weight is 401 g/mol. The molecule has 0 amide bonds. The Bertz CT molecular complexity index is 1550. The molecule has 0 saturated carbocycles. The Hall–Kier alpha value is -4.18. The minimum atomic E-state index is 0.808. The molecule has 6 aromatic rings. The molecule has 31 heavy (non-hydrogen) atoms. The minimum absolute atomic E-state index is 0.808. The summed E-state index contributed by atoms with van der Waals surface area (Å²) in [5.41, 5.74) is 5.92. The van der Waals surface area contributed by atoms with Crippen molar-refractivity contribution >= 4 is 27.5 Å². The fraction of sp³-hybridized carbons (Fsp3) is 0.0370. The lowest BCUT2D eigenvalue weighted by Gasteiger charge is -2.11. The number of aromatic nitrogens is 3. The average Bonchev–Trinajstić information content (AvgIpc) is 3.26. The zero-order chi connectivity index (χ0) is 20.8. The summed E-state index contributed by atoms with van der Waals surface area (Å²) in [6.07, 6.45) is 1.84. The van der Waals surface area contributed by atoms with Crippen LogP contribution in [0.25, 0.3) is 50.0 Å². The summed E-state index contributed by atoms with van der Waals surface area (Å²) in [5.74, 6) is 0.808. The van der Waals surface area contributed by atoms with E-state index in [1.807, 2.05) is 42.6 Å². The summed E-state index contributed by atoms with van der Waals surface area (Å²) in [6, 6.07) is 31.0. The Balaban J connectivity index is 1.88. The summed E-state index contributed by atoms with van der Waals surface area (Å²) in [5, 5.41) is 3.24.